The molecule has 0 heterocycles. The van der Waals surface area contributed by atoms with Crippen LogP contribution in [0.3, 0.4) is 0 Å². The van der Waals surface area contributed by atoms with Crippen LogP contribution < -0.4 is 10.6 Å². The summed E-state index contributed by atoms with van der Waals surface area (Å²) in [6, 6.07) is 7.61. The molecule has 1 rings (SSSR count). The number of carbonyl (C=O) groups is 1. The summed E-state index contributed by atoms with van der Waals surface area (Å²) in [6.07, 6.45) is 1.04. The van der Waals surface area contributed by atoms with Crippen LogP contribution >= 0.6 is 15.9 Å². The quantitative estimate of drug-likeness (QED) is 0.756. The first-order valence-electron chi connectivity index (χ1n) is 6.01. The van der Waals surface area contributed by atoms with Gasteiger partial charge in [-0.05, 0) is 61.7 Å². The maximum Gasteiger partial charge on any atom is 0.238 e. The lowest BCUT2D eigenvalue weighted by atomic mass is 10.3. The van der Waals surface area contributed by atoms with Gasteiger partial charge in [0.25, 0.3) is 0 Å². The van der Waals surface area contributed by atoms with E-state index < -0.39 is 0 Å². The molecule has 0 radical (unpaired) electrons. The van der Waals surface area contributed by atoms with Gasteiger partial charge in [-0.1, -0.05) is 12.1 Å². The highest BCUT2D eigenvalue weighted by Crippen LogP contribution is 2.20. The summed E-state index contributed by atoms with van der Waals surface area (Å²) < 4.78 is 0.899. The van der Waals surface area contributed by atoms with E-state index in [2.05, 4.69) is 26.6 Å². The van der Waals surface area contributed by atoms with E-state index in [1.54, 1.807) is 0 Å². The standard InChI is InChI=1S/C13H20BrN3O/c1-15-8-5-9-17(2)10-13(18)16-12-7-4-3-6-11(12)14/h3-4,6-7,15H,5,8-10H2,1-2H3,(H,16,18). The lowest BCUT2D eigenvalue weighted by Gasteiger charge is -2.16. The first kappa shape index (κ1) is 15.1. The summed E-state index contributed by atoms with van der Waals surface area (Å²) in [7, 11) is 3.88. The minimum absolute atomic E-state index is 0.00820. The molecule has 0 unspecified atom stereocenters. The van der Waals surface area contributed by atoms with Crippen molar-refractivity contribution in [2.24, 2.45) is 0 Å². The third-order valence-electron chi connectivity index (χ3n) is 2.53. The normalized spacial score (nSPS) is 10.7. The van der Waals surface area contributed by atoms with Crippen molar-refractivity contribution in [1.29, 1.82) is 0 Å². The lowest BCUT2D eigenvalue weighted by Crippen LogP contribution is -2.32. The Hall–Kier alpha value is -0.910. The van der Waals surface area contributed by atoms with E-state index in [4.69, 9.17) is 0 Å². The third-order valence-corrected chi connectivity index (χ3v) is 3.22. The minimum Gasteiger partial charge on any atom is -0.324 e. The zero-order valence-electron chi connectivity index (χ0n) is 10.9. The van der Waals surface area contributed by atoms with Crippen LogP contribution in [-0.2, 0) is 4.79 Å². The number of amides is 1. The Bertz CT molecular complexity index is 384. The van der Waals surface area contributed by atoms with Crippen LogP contribution in [0.15, 0.2) is 28.7 Å². The van der Waals surface area contributed by atoms with Gasteiger partial charge in [-0.2, -0.15) is 0 Å². The summed E-state index contributed by atoms with van der Waals surface area (Å²) in [5.74, 6) is 0.00820. The molecular weight excluding hydrogens is 294 g/mol. The summed E-state index contributed by atoms with van der Waals surface area (Å²) in [5, 5.41) is 5.98. The molecule has 0 spiro atoms. The molecule has 18 heavy (non-hydrogen) atoms. The zero-order valence-corrected chi connectivity index (χ0v) is 12.5. The van der Waals surface area contributed by atoms with Crippen molar-refractivity contribution in [2.75, 3.05) is 39.0 Å². The fourth-order valence-electron chi connectivity index (χ4n) is 1.60. The highest BCUT2D eigenvalue weighted by Gasteiger charge is 2.07. The highest BCUT2D eigenvalue weighted by atomic mass is 79.9. The van der Waals surface area contributed by atoms with Crippen molar-refractivity contribution >= 4 is 27.5 Å². The second kappa shape index (κ2) is 8.24. The van der Waals surface area contributed by atoms with Crippen molar-refractivity contribution in [1.82, 2.24) is 10.2 Å². The van der Waals surface area contributed by atoms with E-state index in [0.29, 0.717) is 6.54 Å². The molecule has 5 heteroatoms. The van der Waals surface area contributed by atoms with Crippen LogP contribution in [0.25, 0.3) is 0 Å². The van der Waals surface area contributed by atoms with Crippen LogP contribution in [0, 0.1) is 0 Å². The predicted molar refractivity (Wildman–Crippen MR) is 78.8 cm³/mol. The van der Waals surface area contributed by atoms with E-state index >= 15 is 0 Å². The number of halogens is 1. The van der Waals surface area contributed by atoms with Crippen molar-refractivity contribution in [3.05, 3.63) is 28.7 Å². The lowest BCUT2D eigenvalue weighted by molar-refractivity contribution is -0.117. The number of hydrogen-bond donors (Lipinski definition) is 2. The molecular formula is C13H20BrN3O. The fourth-order valence-corrected chi connectivity index (χ4v) is 1.99. The largest absolute Gasteiger partial charge is 0.324 e. The third kappa shape index (κ3) is 5.62. The molecule has 1 aromatic rings. The number of nitrogens with one attached hydrogen (secondary N) is 2. The molecule has 0 aliphatic carbocycles. The Morgan fingerprint density at radius 3 is 2.78 bits per heavy atom. The van der Waals surface area contributed by atoms with E-state index in [1.165, 1.54) is 0 Å². The molecule has 0 aliphatic heterocycles. The van der Waals surface area contributed by atoms with Crippen molar-refractivity contribution < 1.29 is 4.79 Å². The van der Waals surface area contributed by atoms with E-state index in [-0.39, 0.29) is 5.91 Å². The van der Waals surface area contributed by atoms with E-state index in [9.17, 15) is 4.79 Å². The molecule has 0 atom stereocenters. The van der Waals surface area contributed by atoms with E-state index in [1.807, 2.05) is 43.3 Å². The number of hydrogen-bond acceptors (Lipinski definition) is 3. The van der Waals surface area contributed by atoms with Gasteiger partial charge in [0, 0.05) is 4.47 Å². The van der Waals surface area contributed by atoms with Gasteiger partial charge in [-0.15, -0.1) is 0 Å². The van der Waals surface area contributed by atoms with Crippen LogP contribution in [0.5, 0.6) is 0 Å². The summed E-state index contributed by atoms with van der Waals surface area (Å²) in [4.78, 5) is 13.8. The zero-order chi connectivity index (χ0) is 13.4. The first-order valence-corrected chi connectivity index (χ1v) is 6.80. The average molecular weight is 314 g/mol. The molecule has 100 valence electrons. The molecule has 0 saturated carbocycles. The number of carbonyl (C=O) groups excluding carboxylic acids is 1. The summed E-state index contributed by atoms with van der Waals surface area (Å²) in [6.45, 7) is 2.28. The smallest absolute Gasteiger partial charge is 0.238 e. The van der Waals surface area contributed by atoms with Gasteiger partial charge in [-0.3, -0.25) is 9.69 Å². The molecule has 0 aliphatic rings. The molecule has 4 nitrogen and oxygen atoms in total. The fraction of sp³-hybridized carbons (Fsp3) is 0.462. The number of para-hydroxylation sites is 1. The van der Waals surface area contributed by atoms with Crippen molar-refractivity contribution in [3.63, 3.8) is 0 Å². The minimum atomic E-state index is 0.00820. The second-order valence-corrected chi connectivity index (χ2v) is 5.08. The Morgan fingerprint density at radius 1 is 1.39 bits per heavy atom. The van der Waals surface area contributed by atoms with Gasteiger partial charge >= 0.3 is 0 Å². The monoisotopic (exact) mass is 313 g/mol. The topological polar surface area (TPSA) is 44.4 Å². The number of anilines is 1. The average Bonchev–Trinajstić information content (AvgIpc) is 2.32. The number of nitrogens with zero attached hydrogens (tertiary/aromatic N) is 1. The molecule has 0 fully saturated rings. The Kier molecular flexibility index (Phi) is 6.93. The van der Waals surface area contributed by atoms with Crippen LogP contribution in [0.1, 0.15) is 6.42 Å². The van der Waals surface area contributed by atoms with Crippen molar-refractivity contribution in [2.45, 2.75) is 6.42 Å². The SMILES string of the molecule is CNCCCN(C)CC(=O)Nc1ccccc1Br. The number of benzene rings is 1. The maximum atomic E-state index is 11.8. The van der Waals surface area contributed by atoms with Crippen LogP contribution in [0.4, 0.5) is 5.69 Å². The van der Waals surface area contributed by atoms with Gasteiger partial charge in [-0.25, -0.2) is 0 Å². The van der Waals surface area contributed by atoms with Gasteiger partial charge < -0.3 is 10.6 Å². The van der Waals surface area contributed by atoms with Crippen molar-refractivity contribution in [3.8, 4) is 0 Å². The molecule has 2 N–H and O–H groups in total. The molecule has 0 aromatic heterocycles. The van der Waals surface area contributed by atoms with E-state index in [0.717, 1.165) is 29.7 Å². The molecule has 0 bridgehead atoms. The second-order valence-electron chi connectivity index (χ2n) is 4.22. The first-order chi connectivity index (χ1) is 8.63. The Labute approximate surface area is 117 Å². The van der Waals surface area contributed by atoms with Crippen LogP contribution in [0.2, 0.25) is 0 Å². The van der Waals surface area contributed by atoms with Crippen LogP contribution in [-0.4, -0.2) is 44.5 Å². The maximum absolute atomic E-state index is 11.8. The number of rotatable bonds is 7. The van der Waals surface area contributed by atoms with Gasteiger partial charge in [0.1, 0.15) is 0 Å². The van der Waals surface area contributed by atoms with Gasteiger partial charge in [0.2, 0.25) is 5.91 Å². The Balaban J connectivity index is 2.35. The molecule has 1 aromatic carbocycles. The molecule has 1 amide bonds. The predicted octanol–water partition coefficient (Wildman–Crippen LogP) is 1.93. The highest BCUT2D eigenvalue weighted by molar-refractivity contribution is 9.10. The Morgan fingerprint density at radius 2 is 2.11 bits per heavy atom. The molecule has 0 saturated heterocycles. The summed E-state index contributed by atoms with van der Waals surface area (Å²) in [5.41, 5.74) is 0.811. The summed E-state index contributed by atoms with van der Waals surface area (Å²) >= 11 is 3.41. The van der Waals surface area contributed by atoms with Gasteiger partial charge in [0.05, 0.1) is 12.2 Å². The number of likely N-dealkylation sites (N-methyl/N-ethyl adjacent to an activating group) is 1. The van der Waals surface area contributed by atoms with Gasteiger partial charge in [0.15, 0.2) is 0 Å².